The number of halogens is 1. The number of carbonyl (C=O) groups excluding carboxylic acids is 1. The molecule has 1 atom stereocenters. The summed E-state index contributed by atoms with van der Waals surface area (Å²) in [6.45, 7) is 3.67. The monoisotopic (exact) mass is 345 g/mol. The van der Waals surface area contributed by atoms with Crippen molar-refractivity contribution in [3.63, 3.8) is 0 Å². The van der Waals surface area contributed by atoms with Crippen LogP contribution in [0.1, 0.15) is 30.3 Å². The van der Waals surface area contributed by atoms with E-state index in [4.69, 9.17) is 0 Å². The highest BCUT2D eigenvalue weighted by atomic mass is 79.9. The Hall–Kier alpha value is -0.330. The molecular weight excluding hydrogens is 326 g/mol. The molecule has 4 nitrogen and oxygen atoms in total. The minimum absolute atomic E-state index is 0.207. The van der Waals surface area contributed by atoms with E-state index in [0.29, 0.717) is 0 Å². The predicted molar refractivity (Wildman–Crippen MR) is 82.9 cm³/mol. The van der Waals surface area contributed by atoms with Crippen molar-refractivity contribution in [2.45, 2.75) is 31.1 Å². The number of likely N-dealkylation sites (N-methyl/N-ethyl adjacent to an activating group) is 1. The average molecular weight is 346 g/mol. The third-order valence-electron chi connectivity index (χ3n) is 3.47. The van der Waals surface area contributed by atoms with Crippen molar-refractivity contribution in [2.75, 3.05) is 26.4 Å². The lowest BCUT2D eigenvalue weighted by molar-refractivity contribution is 0.0936. The van der Waals surface area contributed by atoms with Crippen molar-refractivity contribution in [3.05, 3.63) is 16.4 Å². The first kappa shape index (κ1) is 15.1. The van der Waals surface area contributed by atoms with Crippen molar-refractivity contribution in [2.24, 2.45) is 0 Å². The van der Waals surface area contributed by atoms with Gasteiger partial charge in [-0.2, -0.15) is 5.10 Å². The maximum absolute atomic E-state index is 12.8. The van der Waals surface area contributed by atoms with Gasteiger partial charge in [-0.3, -0.25) is 9.48 Å². The molecule has 0 amide bonds. The van der Waals surface area contributed by atoms with Crippen molar-refractivity contribution >= 4 is 33.5 Å². The molecule has 0 aliphatic carbocycles. The molecule has 0 saturated carbocycles. The summed E-state index contributed by atoms with van der Waals surface area (Å²) in [5.74, 6) is 1.28. The van der Waals surface area contributed by atoms with Gasteiger partial charge in [-0.15, -0.1) is 11.8 Å². The zero-order valence-electron chi connectivity index (χ0n) is 11.6. The van der Waals surface area contributed by atoms with Crippen LogP contribution in [-0.4, -0.2) is 51.6 Å². The second kappa shape index (κ2) is 5.97. The topological polar surface area (TPSA) is 38.1 Å². The normalized spacial score (nSPS) is 23.2. The van der Waals surface area contributed by atoms with Gasteiger partial charge in [0.2, 0.25) is 0 Å². The van der Waals surface area contributed by atoms with E-state index < -0.39 is 0 Å². The van der Waals surface area contributed by atoms with Gasteiger partial charge in [-0.25, -0.2) is 0 Å². The van der Waals surface area contributed by atoms with E-state index in [-0.39, 0.29) is 10.5 Å². The Kier molecular flexibility index (Phi) is 4.74. The lowest BCUT2D eigenvalue weighted by Crippen LogP contribution is -2.32. The van der Waals surface area contributed by atoms with Crippen molar-refractivity contribution in [3.8, 4) is 0 Å². The smallest absolute Gasteiger partial charge is 0.197 e. The fourth-order valence-corrected chi connectivity index (χ4v) is 3.99. The summed E-state index contributed by atoms with van der Waals surface area (Å²) in [6.07, 6.45) is 3.81. The Balaban J connectivity index is 2.23. The zero-order valence-corrected chi connectivity index (χ0v) is 14.1. The van der Waals surface area contributed by atoms with E-state index >= 15 is 0 Å². The van der Waals surface area contributed by atoms with E-state index in [1.54, 1.807) is 18.0 Å². The highest BCUT2D eigenvalue weighted by Crippen LogP contribution is 2.41. The standard InChI is InChI=1S/C13H20BrN3OS/c1-13(5-4-8-19-13)12(18)11-10(14)9-15-17(11)7-6-16(2)3/h9H,4-8H2,1-3H3. The average Bonchev–Trinajstić information content (AvgIpc) is 2.93. The molecular formula is C13H20BrN3OS. The first-order chi connectivity index (χ1) is 8.94. The summed E-state index contributed by atoms with van der Waals surface area (Å²) < 4.78 is 2.36. The van der Waals surface area contributed by atoms with E-state index in [1.807, 2.05) is 18.8 Å². The molecule has 2 heterocycles. The minimum atomic E-state index is -0.279. The van der Waals surface area contributed by atoms with Crippen LogP contribution in [0, 0.1) is 0 Å². The largest absolute Gasteiger partial charge is 0.308 e. The first-order valence-electron chi connectivity index (χ1n) is 6.49. The SMILES string of the molecule is CN(C)CCn1ncc(Br)c1C(=O)C1(C)CCCS1. The van der Waals surface area contributed by atoms with Crippen LogP contribution in [0.3, 0.4) is 0 Å². The Labute approximate surface area is 127 Å². The molecule has 0 radical (unpaired) electrons. The Bertz CT molecular complexity index is 466. The van der Waals surface area contributed by atoms with Crippen LogP contribution < -0.4 is 0 Å². The minimum Gasteiger partial charge on any atom is -0.308 e. The van der Waals surface area contributed by atoms with Crippen LogP contribution in [0.2, 0.25) is 0 Å². The van der Waals surface area contributed by atoms with Gasteiger partial charge in [0, 0.05) is 6.54 Å². The second-order valence-electron chi connectivity index (χ2n) is 5.38. The third-order valence-corrected chi connectivity index (χ3v) is 5.57. The summed E-state index contributed by atoms with van der Waals surface area (Å²) in [7, 11) is 4.04. The van der Waals surface area contributed by atoms with Crippen molar-refractivity contribution in [1.82, 2.24) is 14.7 Å². The fourth-order valence-electron chi connectivity index (χ4n) is 2.26. The third kappa shape index (κ3) is 3.23. The molecule has 0 N–H and O–H groups in total. The Morgan fingerprint density at radius 3 is 2.95 bits per heavy atom. The maximum Gasteiger partial charge on any atom is 0.197 e. The van der Waals surface area contributed by atoms with Gasteiger partial charge in [-0.1, -0.05) is 0 Å². The van der Waals surface area contributed by atoms with Crippen LogP contribution in [0.4, 0.5) is 0 Å². The number of carbonyl (C=O) groups is 1. The molecule has 106 valence electrons. The van der Waals surface area contributed by atoms with Gasteiger partial charge in [0.05, 0.1) is 22.0 Å². The molecule has 0 bridgehead atoms. The molecule has 0 aromatic carbocycles. The Morgan fingerprint density at radius 1 is 1.63 bits per heavy atom. The summed E-state index contributed by atoms with van der Waals surface area (Å²) in [4.78, 5) is 14.9. The number of hydrogen-bond donors (Lipinski definition) is 0. The number of hydrogen-bond acceptors (Lipinski definition) is 4. The van der Waals surface area contributed by atoms with Gasteiger partial charge < -0.3 is 4.90 Å². The lowest BCUT2D eigenvalue weighted by Gasteiger charge is -2.22. The molecule has 1 aromatic rings. The fraction of sp³-hybridized carbons (Fsp3) is 0.692. The number of aromatic nitrogens is 2. The molecule has 1 fully saturated rings. The van der Waals surface area contributed by atoms with Crippen LogP contribution in [0.15, 0.2) is 10.7 Å². The van der Waals surface area contributed by atoms with E-state index in [1.165, 1.54) is 0 Å². The van der Waals surface area contributed by atoms with Crippen molar-refractivity contribution < 1.29 is 4.79 Å². The maximum atomic E-state index is 12.8. The molecule has 0 spiro atoms. The quantitative estimate of drug-likeness (QED) is 0.769. The Morgan fingerprint density at radius 2 is 2.37 bits per heavy atom. The number of ketones is 1. The molecule has 1 aromatic heterocycles. The summed E-state index contributed by atoms with van der Waals surface area (Å²) >= 11 is 5.24. The summed E-state index contributed by atoms with van der Waals surface area (Å²) in [5, 5.41) is 4.32. The molecule has 19 heavy (non-hydrogen) atoms. The zero-order chi connectivity index (χ0) is 14.0. The second-order valence-corrected chi connectivity index (χ2v) is 7.83. The van der Waals surface area contributed by atoms with Crippen molar-refractivity contribution in [1.29, 1.82) is 0 Å². The van der Waals surface area contributed by atoms with Crippen LogP contribution >= 0.6 is 27.7 Å². The number of Topliss-reactive ketones (excluding diaryl/α,β-unsaturated/α-hetero) is 1. The van der Waals surface area contributed by atoms with Gasteiger partial charge >= 0.3 is 0 Å². The first-order valence-corrected chi connectivity index (χ1v) is 8.27. The molecule has 1 unspecified atom stereocenters. The summed E-state index contributed by atoms with van der Waals surface area (Å²) in [5.41, 5.74) is 0.721. The van der Waals surface area contributed by atoms with Gasteiger partial charge in [-0.05, 0) is 55.5 Å². The van der Waals surface area contributed by atoms with Crippen LogP contribution in [0.5, 0.6) is 0 Å². The van der Waals surface area contributed by atoms with Gasteiger partial charge in [0.15, 0.2) is 5.78 Å². The number of rotatable bonds is 5. The van der Waals surface area contributed by atoms with Crippen LogP contribution in [0.25, 0.3) is 0 Å². The predicted octanol–water partition coefficient (Wildman–Crippen LogP) is 2.68. The number of thioether (sulfide) groups is 1. The summed E-state index contributed by atoms with van der Waals surface area (Å²) in [6, 6.07) is 0. The highest BCUT2D eigenvalue weighted by molar-refractivity contribution is 9.10. The number of nitrogens with zero attached hydrogens (tertiary/aromatic N) is 3. The van der Waals surface area contributed by atoms with E-state index in [2.05, 4.69) is 32.9 Å². The van der Waals surface area contributed by atoms with Crippen LogP contribution in [-0.2, 0) is 6.54 Å². The molecule has 1 saturated heterocycles. The molecule has 2 rings (SSSR count). The lowest BCUT2D eigenvalue weighted by atomic mass is 9.98. The van der Waals surface area contributed by atoms with E-state index in [9.17, 15) is 4.79 Å². The van der Waals surface area contributed by atoms with Gasteiger partial charge in [0.25, 0.3) is 0 Å². The van der Waals surface area contributed by atoms with E-state index in [0.717, 1.165) is 41.9 Å². The highest BCUT2D eigenvalue weighted by Gasteiger charge is 2.40. The molecule has 6 heteroatoms. The molecule has 1 aliphatic heterocycles. The molecule has 1 aliphatic rings. The van der Waals surface area contributed by atoms with Gasteiger partial charge in [0.1, 0.15) is 5.69 Å².